The van der Waals surface area contributed by atoms with Crippen molar-refractivity contribution in [3.63, 3.8) is 0 Å². The second-order valence-corrected chi connectivity index (χ2v) is 6.44. The third-order valence-electron chi connectivity index (χ3n) is 4.19. The molecule has 0 spiro atoms. The van der Waals surface area contributed by atoms with E-state index < -0.39 is 12.1 Å². The Balaban J connectivity index is 1.89. The van der Waals surface area contributed by atoms with Gasteiger partial charge in [0.15, 0.2) is 0 Å². The number of imide groups is 1. The van der Waals surface area contributed by atoms with Gasteiger partial charge in [0, 0.05) is 33.1 Å². The van der Waals surface area contributed by atoms with Crippen LogP contribution in [0.15, 0.2) is 0 Å². The summed E-state index contributed by atoms with van der Waals surface area (Å²) in [5.74, 6) is -0.330. The topological polar surface area (TPSA) is 90.0 Å². The summed E-state index contributed by atoms with van der Waals surface area (Å²) >= 11 is 0. The van der Waals surface area contributed by atoms with E-state index in [-0.39, 0.29) is 30.2 Å². The third-order valence-corrected chi connectivity index (χ3v) is 4.19. The van der Waals surface area contributed by atoms with Crippen LogP contribution in [0.5, 0.6) is 0 Å². The molecule has 0 bridgehead atoms. The summed E-state index contributed by atoms with van der Waals surface area (Å²) in [5.41, 5.74) is 0. The van der Waals surface area contributed by atoms with Crippen LogP contribution in [0.4, 0.5) is 4.79 Å². The Hall–Kier alpha value is -2.12. The number of carbonyl (C=O) groups is 4. The molecule has 128 valence electrons. The molecule has 0 aromatic rings. The van der Waals surface area contributed by atoms with Gasteiger partial charge in [-0.25, -0.2) is 4.79 Å². The maximum absolute atomic E-state index is 12.3. The summed E-state index contributed by atoms with van der Waals surface area (Å²) in [7, 11) is 0. The molecule has 2 heterocycles. The lowest BCUT2D eigenvalue weighted by atomic mass is 10.0. The highest BCUT2D eigenvalue weighted by atomic mass is 16.2. The third kappa shape index (κ3) is 4.00. The van der Waals surface area contributed by atoms with Gasteiger partial charge in [-0.2, -0.15) is 0 Å². The minimum Gasteiger partial charge on any atom is -0.339 e. The van der Waals surface area contributed by atoms with E-state index in [1.165, 1.54) is 6.92 Å². The number of carbonyl (C=O) groups excluding carboxylic acids is 4. The van der Waals surface area contributed by atoms with Gasteiger partial charge in [0.1, 0.15) is 12.6 Å². The average molecular weight is 324 g/mol. The Morgan fingerprint density at radius 1 is 1.13 bits per heavy atom. The molecule has 1 N–H and O–H groups in total. The Bertz CT molecular complexity index is 512. The van der Waals surface area contributed by atoms with Crippen LogP contribution < -0.4 is 5.32 Å². The van der Waals surface area contributed by atoms with Crippen LogP contribution in [-0.4, -0.2) is 77.2 Å². The fourth-order valence-corrected chi connectivity index (χ4v) is 2.86. The molecule has 8 heteroatoms. The van der Waals surface area contributed by atoms with Gasteiger partial charge in [-0.15, -0.1) is 0 Å². The highest BCUT2D eigenvalue weighted by molar-refractivity contribution is 6.06. The predicted octanol–water partition coefficient (Wildman–Crippen LogP) is -0.356. The van der Waals surface area contributed by atoms with E-state index in [1.807, 2.05) is 13.8 Å². The van der Waals surface area contributed by atoms with Crippen molar-refractivity contribution >= 4 is 23.8 Å². The molecule has 8 nitrogen and oxygen atoms in total. The molecule has 1 atom stereocenters. The predicted molar refractivity (Wildman–Crippen MR) is 82.3 cm³/mol. The number of nitrogens with one attached hydrogen (secondary N) is 1. The van der Waals surface area contributed by atoms with Crippen LogP contribution in [0.2, 0.25) is 0 Å². The molecule has 2 aliphatic heterocycles. The first kappa shape index (κ1) is 17.2. The normalized spacial score (nSPS) is 21.9. The largest absolute Gasteiger partial charge is 0.339 e. The SMILES string of the molecule is CC(=O)N1CCN(C(=O)CN2C(=O)N[C@@H](CC(C)C)C2=O)CC1. The molecular weight excluding hydrogens is 300 g/mol. The van der Waals surface area contributed by atoms with Crippen LogP contribution in [0.3, 0.4) is 0 Å². The first-order chi connectivity index (χ1) is 10.8. The average Bonchev–Trinajstić information content (AvgIpc) is 2.74. The molecule has 0 aromatic carbocycles. The quantitative estimate of drug-likeness (QED) is 0.715. The van der Waals surface area contributed by atoms with Crippen LogP contribution in [0, 0.1) is 5.92 Å². The lowest BCUT2D eigenvalue weighted by Gasteiger charge is -2.34. The van der Waals surface area contributed by atoms with Crippen molar-refractivity contribution in [1.29, 1.82) is 0 Å². The van der Waals surface area contributed by atoms with Crippen molar-refractivity contribution in [2.45, 2.75) is 33.2 Å². The van der Waals surface area contributed by atoms with Gasteiger partial charge >= 0.3 is 6.03 Å². The van der Waals surface area contributed by atoms with Crippen LogP contribution in [0.1, 0.15) is 27.2 Å². The smallest absolute Gasteiger partial charge is 0.325 e. The lowest BCUT2D eigenvalue weighted by Crippen LogP contribution is -2.52. The van der Waals surface area contributed by atoms with Gasteiger partial charge in [0.25, 0.3) is 5.91 Å². The molecule has 0 aliphatic carbocycles. The number of amides is 5. The fourth-order valence-electron chi connectivity index (χ4n) is 2.86. The minimum absolute atomic E-state index is 0.0114. The maximum atomic E-state index is 12.3. The van der Waals surface area contributed by atoms with E-state index in [4.69, 9.17) is 0 Å². The molecule has 0 aromatic heterocycles. The molecule has 2 fully saturated rings. The van der Waals surface area contributed by atoms with Crippen LogP contribution >= 0.6 is 0 Å². The molecular formula is C15H24N4O4. The van der Waals surface area contributed by atoms with Gasteiger partial charge in [-0.05, 0) is 12.3 Å². The van der Waals surface area contributed by atoms with Crippen LogP contribution in [0.25, 0.3) is 0 Å². The standard InChI is InChI=1S/C15H24N4O4/c1-10(2)8-12-14(22)19(15(23)16-12)9-13(21)18-6-4-17(5-7-18)11(3)20/h10,12H,4-9H2,1-3H3,(H,16,23)/t12-/m0/s1. The van der Waals surface area contributed by atoms with E-state index in [9.17, 15) is 19.2 Å². The summed E-state index contributed by atoms with van der Waals surface area (Å²) in [6.45, 7) is 7.03. The summed E-state index contributed by atoms with van der Waals surface area (Å²) in [6, 6.07) is -1.04. The molecule has 5 amide bonds. The summed E-state index contributed by atoms with van der Waals surface area (Å²) in [5, 5.41) is 2.63. The zero-order chi connectivity index (χ0) is 17.1. The molecule has 0 radical (unpaired) electrons. The number of hydrogen-bond acceptors (Lipinski definition) is 4. The Morgan fingerprint density at radius 3 is 2.22 bits per heavy atom. The number of urea groups is 1. The fraction of sp³-hybridized carbons (Fsp3) is 0.733. The molecule has 23 heavy (non-hydrogen) atoms. The summed E-state index contributed by atoms with van der Waals surface area (Å²) in [6.07, 6.45) is 0.562. The van der Waals surface area contributed by atoms with Gasteiger partial charge in [0.2, 0.25) is 11.8 Å². The van der Waals surface area contributed by atoms with E-state index in [0.717, 1.165) is 4.90 Å². The van der Waals surface area contributed by atoms with Crippen molar-refractivity contribution in [3.05, 3.63) is 0 Å². The van der Waals surface area contributed by atoms with Crippen molar-refractivity contribution in [2.75, 3.05) is 32.7 Å². The monoisotopic (exact) mass is 324 g/mol. The van der Waals surface area contributed by atoms with E-state index >= 15 is 0 Å². The van der Waals surface area contributed by atoms with Crippen molar-refractivity contribution in [2.24, 2.45) is 5.92 Å². The zero-order valence-corrected chi connectivity index (χ0v) is 13.9. The number of nitrogens with zero attached hydrogens (tertiary/aromatic N) is 3. The minimum atomic E-state index is -0.537. The highest BCUT2D eigenvalue weighted by Crippen LogP contribution is 2.14. The van der Waals surface area contributed by atoms with E-state index in [1.54, 1.807) is 9.80 Å². The van der Waals surface area contributed by atoms with Crippen LogP contribution in [-0.2, 0) is 14.4 Å². The van der Waals surface area contributed by atoms with Gasteiger partial charge in [-0.3, -0.25) is 19.3 Å². The molecule has 0 saturated carbocycles. The molecule has 2 saturated heterocycles. The second kappa shape index (κ2) is 6.97. The molecule has 2 rings (SSSR count). The van der Waals surface area contributed by atoms with E-state index in [2.05, 4.69) is 5.32 Å². The Morgan fingerprint density at radius 2 is 1.70 bits per heavy atom. The Labute approximate surface area is 135 Å². The summed E-state index contributed by atoms with van der Waals surface area (Å²) in [4.78, 5) is 52.0. The highest BCUT2D eigenvalue weighted by Gasteiger charge is 2.39. The first-order valence-corrected chi connectivity index (χ1v) is 7.94. The van der Waals surface area contributed by atoms with Gasteiger partial charge in [-0.1, -0.05) is 13.8 Å². The van der Waals surface area contributed by atoms with Gasteiger partial charge in [0.05, 0.1) is 0 Å². The second-order valence-electron chi connectivity index (χ2n) is 6.44. The van der Waals surface area contributed by atoms with Crippen molar-refractivity contribution in [1.82, 2.24) is 20.0 Å². The number of rotatable bonds is 4. The molecule has 0 unspecified atom stereocenters. The number of hydrogen-bond donors (Lipinski definition) is 1. The lowest BCUT2D eigenvalue weighted by molar-refractivity contribution is -0.141. The first-order valence-electron chi connectivity index (χ1n) is 7.94. The zero-order valence-electron chi connectivity index (χ0n) is 13.9. The number of piperazine rings is 1. The Kier molecular flexibility index (Phi) is 5.23. The maximum Gasteiger partial charge on any atom is 0.325 e. The van der Waals surface area contributed by atoms with E-state index in [0.29, 0.717) is 32.6 Å². The molecule has 2 aliphatic rings. The summed E-state index contributed by atoms with van der Waals surface area (Å²) < 4.78 is 0. The van der Waals surface area contributed by atoms with Crippen molar-refractivity contribution in [3.8, 4) is 0 Å². The van der Waals surface area contributed by atoms with Gasteiger partial charge < -0.3 is 15.1 Å². The van der Waals surface area contributed by atoms with Crippen molar-refractivity contribution < 1.29 is 19.2 Å².